The highest BCUT2D eigenvalue weighted by Crippen LogP contribution is 2.65. The van der Waals surface area contributed by atoms with Crippen LogP contribution in [0.2, 0.25) is 0 Å². The molecule has 2 saturated heterocycles. The minimum Gasteiger partial charge on any atom is -0.465 e. The predicted molar refractivity (Wildman–Crippen MR) is 167 cm³/mol. The van der Waals surface area contributed by atoms with Gasteiger partial charge >= 0.3 is 5.97 Å². The van der Waals surface area contributed by atoms with E-state index in [0.717, 1.165) is 37.3 Å². The standard InChI is InChI=1S/C33H45N3O5S/c1-6-34(7-2)23-12-14-24(15-13-23)35-18-11-17-33-26(27-31(40)41-19-10-8-9-16-32(27,5)42-33)29(38)36(28(33)30(35)39)25(21-37)20-22(3)4/h9,11-17,22,25-28,37H,6-8,10,18-21H2,1-5H3/b16-9-/t25-,26+,27+,28?,32-,33+/m1/s1. The fourth-order valence-corrected chi connectivity index (χ4v) is 9.59. The van der Waals surface area contributed by atoms with Crippen molar-refractivity contribution >= 4 is 40.9 Å². The molecule has 0 aliphatic carbocycles. The monoisotopic (exact) mass is 595 g/mol. The molecule has 1 N–H and O–H groups in total. The Balaban J connectivity index is 1.62. The van der Waals surface area contributed by atoms with Crippen LogP contribution in [0.4, 0.5) is 11.4 Å². The number of thioether (sulfide) groups is 1. The molecule has 6 atom stereocenters. The van der Waals surface area contributed by atoms with Crippen LogP contribution in [0.5, 0.6) is 0 Å². The molecule has 9 heteroatoms. The van der Waals surface area contributed by atoms with Crippen molar-refractivity contribution in [2.45, 2.75) is 75.5 Å². The maximum absolute atomic E-state index is 14.8. The molecule has 4 aliphatic heterocycles. The summed E-state index contributed by atoms with van der Waals surface area (Å²) in [4.78, 5) is 48.7. The van der Waals surface area contributed by atoms with Crippen molar-refractivity contribution in [3.8, 4) is 0 Å². The molecule has 0 radical (unpaired) electrons. The number of benzene rings is 1. The molecule has 8 nitrogen and oxygen atoms in total. The Morgan fingerprint density at radius 3 is 2.40 bits per heavy atom. The van der Waals surface area contributed by atoms with Crippen LogP contribution < -0.4 is 9.80 Å². The molecule has 1 unspecified atom stereocenters. The number of rotatable bonds is 8. The maximum Gasteiger partial charge on any atom is 0.311 e. The van der Waals surface area contributed by atoms with Gasteiger partial charge < -0.3 is 24.5 Å². The lowest BCUT2D eigenvalue weighted by Crippen LogP contribution is -2.57. The third kappa shape index (κ3) is 5.06. The second-order valence-electron chi connectivity index (χ2n) is 12.5. The zero-order valence-corrected chi connectivity index (χ0v) is 26.3. The number of allylic oxidation sites excluding steroid dienone is 1. The Hall–Kier alpha value is -2.78. The number of anilines is 2. The minimum absolute atomic E-state index is 0.186. The highest BCUT2D eigenvalue weighted by atomic mass is 32.2. The fraction of sp³-hybridized carbons (Fsp3) is 0.606. The normalized spacial score (nSPS) is 32.4. The summed E-state index contributed by atoms with van der Waals surface area (Å²) in [6.07, 6.45) is 10.2. The van der Waals surface area contributed by atoms with Crippen molar-refractivity contribution in [3.05, 3.63) is 48.6 Å². The quantitative estimate of drug-likeness (QED) is 0.352. The van der Waals surface area contributed by atoms with Gasteiger partial charge in [-0.3, -0.25) is 14.4 Å². The van der Waals surface area contributed by atoms with Crippen LogP contribution in [0.3, 0.4) is 0 Å². The molecule has 4 aliphatic rings. The summed E-state index contributed by atoms with van der Waals surface area (Å²) >= 11 is 1.54. The predicted octanol–water partition coefficient (Wildman–Crippen LogP) is 4.42. The molecule has 1 spiro atoms. The zero-order chi connectivity index (χ0) is 30.2. The lowest BCUT2D eigenvalue weighted by Gasteiger charge is -2.40. The third-order valence-electron chi connectivity index (χ3n) is 9.33. The van der Waals surface area contributed by atoms with Crippen LogP contribution in [0.1, 0.15) is 53.9 Å². The van der Waals surface area contributed by atoms with E-state index in [2.05, 4.69) is 30.9 Å². The van der Waals surface area contributed by atoms with Gasteiger partial charge in [0.15, 0.2) is 0 Å². The van der Waals surface area contributed by atoms with Gasteiger partial charge in [-0.05, 0) is 70.2 Å². The first-order valence-corrected chi connectivity index (χ1v) is 16.2. The first-order valence-electron chi connectivity index (χ1n) is 15.4. The molecule has 4 heterocycles. The van der Waals surface area contributed by atoms with Crippen LogP contribution in [0.25, 0.3) is 0 Å². The van der Waals surface area contributed by atoms with E-state index in [-0.39, 0.29) is 30.3 Å². The fourth-order valence-electron chi connectivity index (χ4n) is 7.45. The van der Waals surface area contributed by atoms with E-state index in [1.165, 1.54) is 0 Å². The van der Waals surface area contributed by atoms with Crippen molar-refractivity contribution in [1.29, 1.82) is 0 Å². The van der Waals surface area contributed by atoms with Gasteiger partial charge in [-0.15, -0.1) is 11.8 Å². The maximum atomic E-state index is 14.8. The van der Waals surface area contributed by atoms with Crippen LogP contribution >= 0.6 is 11.8 Å². The van der Waals surface area contributed by atoms with E-state index in [0.29, 0.717) is 19.6 Å². The van der Waals surface area contributed by atoms with E-state index < -0.39 is 33.4 Å². The number of esters is 1. The molecule has 0 aromatic heterocycles. The van der Waals surface area contributed by atoms with E-state index in [1.807, 2.05) is 57.2 Å². The second-order valence-corrected chi connectivity index (χ2v) is 14.3. The third-order valence-corrected chi connectivity index (χ3v) is 11.1. The van der Waals surface area contributed by atoms with E-state index in [4.69, 9.17) is 4.74 Å². The summed E-state index contributed by atoms with van der Waals surface area (Å²) < 4.78 is 4.03. The molecule has 5 rings (SSSR count). The number of carbonyl (C=O) groups is 3. The topological polar surface area (TPSA) is 90.4 Å². The number of carbonyl (C=O) groups excluding carboxylic acids is 3. The van der Waals surface area contributed by atoms with Crippen molar-refractivity contribution < 1.29 is 24.2 Å². The van der Waals surface area contributed by atoms with Crippen molar-refractivity contribution in [2.24, 2.45) is 17.8 Å². The molecule has 2 fully saturated rings. The summed E-state index contributed by atoms with van der Waals surface area (Å²) in [5.41, 5.74) is 1.85. The number of aliphatic hydroxyl groups is 1. The molecule has 0 bridgehead atoms. The zero-order valence-electron chi connectivity index (χ0n) is 25.5. The van der Waals surface area contributed by atoms with Crippen LogP contribution in [-0.2, 0) is 19.1 Å². The summed E-state index contributed by atoms with van der Waals surface area (Å²) in [7, 11) is 0. The van der Waals surface area contributed by atoms with Gasteiger partial charge in [-0.25, -0.2) is 0 Å². The van der Waals surface area contributed by atoms with Gasteiger partial charge in [0.2, 0.25) is 5.91 Å². The van der Waals surface area contributed by atoms with Gasteiger partial charge in [-0.1, -0.05) is 38.2 Å². The summed E-state index contributed by atoms with van der Waals surface area (Å²) in [5, 5.41) is 10.6. The van der Waals surface area contributed by atoms with Crippen LogP contribution in [0, 0.1) is 17.8 Å². The molecule has 42 heavy (non-hydrogen) atoms. The van der Waals surface area contributed by atoms with Gasteiger partial charge in [-0.2, -0.15) is 0 Å². The first-order chi connectivity index (χ1) is 20.1. The number of hydrogen-bond acceptors (Lipinski definition) is 7. The average molecular weight is 596 g/mol. The average Bonchev–Trinajstić information content (AvgIpc) is 3.32. The molecule has 1 aromatic carbocycles. The van der Waals surface area contributed by atoms with E-state index in [9.17, 15) is 19.5 Å². The minimum atomic E-state index is -0.976. The highest BCUT2D eigenvalue weighted by molar-refractivity contribution is 8.02. The van der Waals surface area contributed by atoms with Crippen molar-refractivity contribution in [2.75, 3.05) is 42.6 Å². The van der Waals surface area contributed by atoms with Crippen molar-refractivity contribution in [3.63, 3.8) is 0 Å². The highest BCUT2D eigenvalue weighted by Gasteiger charge is 2.74. The van der Waals surface area contributed by atoms with Gasteiger partial charge in [0.05, 0.1) is 35.8 Å². The molecule has 228 valence electrons. The summed E-state index contributed by atoms with van der Waals surface area (Å²) in [6.45, 7) is 12.5. The smallest absolute Gasteiger partial charge is 0.311 e. The van der Waals surface area contributed by atoms with Gasteiger partial charge in [0.1, 0.15) is 6.04 Å². The van der Waals surface area contributed by atoms with Gasteiger partial charge in [0.25, 0.3) is 5.91 Å². The second kappa shape index (κ2) is 12.1. The SMILES string of the molecule is CCN(CC)c1ccc(N2CC=C[C@]34S[C@]5(C)/C=C\CCCOC(=O)[C@@H]5[C@H]3C(=O)N([C@@H](CO)CC(C)C)C4C2=O)cc1. The number of aliphatic hydroxyl groups excluding tert-OH is 1. The molecular formula is C33H45N3O5S. The number of likely N-dealkylation sites (tertiary alicyclic amines) is 1. The number of nitrogens with zero attached hydrogens (tertiary/aromatic N) is 3. The number of ether oxygens (including phenoxy) is 1. The van der Waals surface area contributed by atoms with E-state index >= 15 is 0 Å². The molecule has 2 amide bonds. The largest absolute Gasteiger partial charge is 0.465 e. The lowest BCUT2D eigenvalue weighted by molar-refractivity contribution is -0.154. The summed E-state index contributed by atoms with van der Waals surface area (Å²) in [5.74, 6) is -2.14. The summed E-state index contributed by atoms with van der Waals surface area (Å²) in [6, 6.07) is 6.59. The Labute approximate surface area is 254 Å². The van der Waals surface area contributed by atoms with Gasteiger partial charge in [0, 0.05) is 35.8 Å². The Bertz CT molecular complexity index is 1240. The Kier molecular flexibility index (Phi) is 8.82. The Morgan fingerprint density at radius 1 is 1.05 bits per heavy atom. The van der Waals surface area contributed by atoms with Crippen molar-refractivity contribution in [1.82, 2.24) is 4.90 Å². The molecule has 0 saturated carbocycles. The van der Waals surface area contributed by atoms with E-state index in [1.54, 1.807) is 21.6 Å². The van der Waals surface area contributed by atoms with Crippen LogP contribution in [0.15, 0.2) is 48.6 Å². The van der Waals surface area contributed by atoms with Crippen LogP contribution in [-0.4, -0.2) is 82.2 Å². The number of amides is 2. The first kappa shape index (κ1) is 30.7. The molecule has 1 aromatic rings. The number of cyclic esters (lactones) is 1. The number of hydrogen-bond donors (Lipinski definition) is 1. The lowest BCUT2D eigenvalue weighted by atomic mass is 9.74. The number of fused-ring (bicyclic) bond motifs is 2. The Morgan fingerprint density at radius 2 is 1.76 bits per heavy atom. The molecular weight excluding hydrogens is 550 g/mol.